The third kappa shape index (κ3) is 2.69. The minimum Gasteiger partial charge on any atom is -0.475 e. The molecule has 0 spiro atoms. The Kier molecular flexibility index (Phi) is 4.15. The number of anilines is 1. The van der Waals surface area contributed by atoms with Gasteiger partial charge in [-0.3, -0.25) is 4.31 Å². The summed E-state index contributed by atoms with van der Waals surface area (Å²) >= 11 is 0. The lowest BCUT2D eigenvalue weighted by Crippen LogP contribution is -2.47. The van der Waals surface area contributed by atoms with Crippen LogP contribution in [0.25, 0.3) is 0 Å². The summed E-state index contributed by atoms with van der Waals surface area (Å²) in [6.07, 6.45) is -1.13. The van der Waals surface area contributed by atoms with Gasteiger partial charge in [-0.25, -0.2) is 17.6 Å². The molecule has 0 fully saturated rings. The maximum absolute atomic E-state index is 14.0. The molecule has 2 aromatic carbocycles. The van der Waals surface area contributed by atoms with Crippen LogP contribution in [0.1, 0.15) is 0 Å². The second-order valence-electron chi connectivity index (χ2n) is 5.06. The number of methoxy groups -OCH3 is 1. The van der Waals surface area contributed by atoms with E-state index in [0.29, 0.717) is 0 Å². The monoisotopic (exact) mass is 351 g/mol. The SMILES string of the molecule is COC(=O)[C@@H]1CN(S(=O)(=O)c2ccccc2F)c2ccccc2O1. The predicted molar refractivity (Wildman–Crippen MR) is 83.8 cm³/mol. The van der Waals surface area contributed by atoms with Gasteiger partial charge in [-0.2, -0.15) is 0 Å². The Balaban J connectivity index is 2.12. The Bertz CT molecular complexity index is 884. The second kappa shape index (κ2) is 6.12. The Morgan fingerprint density at radius 2 is 1.88 bits per heavy atom. The zero-order valence-electron chi connectivity index (χ0n) is 12.7. The number of nitrogens with zero attached hydrogens (tertiary/aromatic N) is 1. The number of para-hydroxylation sites is 2. The minimum atomic E-state index is -4.21. The lowest BCUT2D eigenvalue weighted by molar-refractivity contribution is -0.148. The number of hydrogen-bond donors (Lipinski definition) is 0. The molecule has 1 aliphatic rings. The van der Waals surface area contributed by atoms with Gasteiger partial charge in [0.1, 0.15) is 16.5 Å². The van der Waals surface area contributed by atoms with Crippen molar-refractivity contribution < 1.29 is 27.1 Å². The van der Waals surface area contributed by atoms with E-state index in [1.807, 2.05) is 0 Å². The lowest BCUT2D eigenvalue weighted by Gasteiger charge is -2.34. The van der Waals surface area contributed by atoms with Gasteiger partial charge in [0.05, 0.1) is 19.3 Å². The van der Waals surface area contributed by atoms with Crippen LogP contribution in [0.2, 0.25) is 0 Å². The molecule has 0 aliphatic carbocycles. The molecule has 0 unspecified atom stereocenters. The summed E-state index contributed by atoms with van der Waals surface area (Å²) < 4.78 is 50.9. The molecule has 0 amide bonds. The van der Waals surface area contributed by atoms with Crippen LogP contribution in [-0.4, -0.2) is 34.1 Å². The van der Waals surface area contributed by atoms with Crippen molar-refractivity contribution in [3.8, 4) is 5.75 Å². The molecule has 126 valence electrons. The number of carbonyl (C=O) groups is 1. The quantitative estimate of drug-likeness (QED) is 0.791. The molecule has 0 N–H and O–H groups in total. The predicted octanol–water partition coefficient (Wildman–Crippen LogP) is 1.95. The molecule has 24 heavy (non-hydrogen) atoms. The van der Waals surface area contributed by atoms with Crippen LogP contribution in [0.5, 0.6) is 5.75 Å². The van der Waals surface area contributed by atoms with Gasteiger partial charge in [0, 0.05) is 0 Å². The highest BCUT2D eigenvalue weighted by molar-refractivity contribution is 7.92. The molecule has 0 aromatic heterocycles. The van der Waals surface area contributed by atoms with Crippen molar-refractivity contribution in [2.75, 3.05) is 18.0 Å². The summed E-state index contributed by atoms with van der Waals surface area (Å²) in [6.45, 7) is -0.305. The first-order valence-electron chi connectivity index (χ1n) is 7.06. The van der Waals surface area contributed by atoms with E-state index in [0.717, 1.165) is 10.4 Å². The van der Waals surface area contributed by atoms with E-state index in [9.17, 15) is 17.6 Å². The smallest absolute Gasteiger partial charge is 0.348 e. The third-order valence-electron chi connectivity index (χ3n) is 3.60. The average molecular weight is 351 g/mol. The summed E-state index contributed by atoms with van der Waals surface area (Å²) in [6, 6.07) is 11.4. The van der Waals surface area contributed by atoms with Gasteiger partial charge in [0.25, 0.3) is 10.0 Å². The molecule has 0 saturated heterocycles. The van der Waals surface area contributed by atoms with E-state index in [1.165, 1.54) is 37.4 Å². The molecule has 3 rings (SSSR count). The van der Waals surface area contributed by atoms with Gasteiger partial charge >= 0.3 is 5.97 Å². The summed E-state index contributed by atoms with van der Waals surface area (Å²) in [5, 5.41) is 0. The van der Waals surface area contributed by atoms with Crippen LogP contribution >= 0.6 is 0 Å². The number of rotatable bonds is 3. The van der Waals surface area contributed by atoms with Gasteiger partial charge in [-0.1, -0.05) is 24.3 Å². The van der Waals surface area contributed by atoms with Crippen molar-refractivity contribution in [2.45, 2.75) is 11.0 Å². The highest BCUT2D eigenvalue weighted by Crippen LogP contribution is 2.37. The van der Waals surface area contributed by atoms with Crippen LogP contribution in [0.3, 0.4) is 0 Å². The van der Waals surface area contributed by atoms with E-state index < -0.39 is 32.8 Å². The van der Waals surface area contributed by atoms with E-state index in [2.05, 4.69) is 4.74 Å². The molecule has 1 heterocycles. The van der Waals surface area contributed by atoms with Gasteiger partial charge in [0.15, 0.2) is 0 Å². The number of esters is 1. The number of halogens is 1. The van der Waals surface area contributed by atoms with Crippen LogP contribution in [0.15, 0.2) is 53.4 Å². The molecule has 6 nitrogen and oxygen atoms in total. The Morgan fingerprint density at radius 3 is 2.58 bits per heavy atom. The van der Waals surface area contributed by atoms with Gasteiger partial charge in [0.2, 0.25) is 6.10 Å². The zero-order valence-corrected chi connectivity index (χ0v) is 13.5. The molecule has 2 aromatic rings. The standard InChI is InChI=1S/C16H14FNO5S/c1-22-16(19)14-10-18(12-7-3-4-8-13(12)23-14)24(20,21)15-9-5-2-6-11(15)17/h2-9,14H,10H2,1H3/t14-/m0/s1. The van der Waals surface area contributed by atoms with Crippen LogP contribution in [0, 0.1) is 5.82 Å². The van der Waals surface area contributed by atoms with E-state index >= 15 is 0 Å². The fourth-order valence-corrected chi connectivity index (χ4v) is 4.00. The van der Waals surface area contributed by atoms with Crippen LogP contribution < -0.4 is 9.04 Å². The molecule has 0 saturated carbocycles. The number of ether oxygens (including phenoxy) is 2. The highest BCUT2D eigenvalue weighted by atomic mass is 32.2. The fraction of sp³-hybridized carbons (Fsp3) is 0.188. The van der Waals surface area contributed by atoms with Crippen molar-refractivity contribution >= 4 is 21.7 Å². The van der Waals surface area contributed by atoms with Crippen molar-refractivity contribution in [3.05, 3.63) is 54.3 Å². The van der Waals surface area contributed by atoms with Crippen molar-refractivity contribution in [1.29, 1.82) is 0 Å². The summed E-state index contributed by atoms with van der Waals surface area (Å²) in [5.41, 5.74) is 0.237. The summed E-state index contributed by atoms with van der Waals surface area (Å²) in [5.74, 6) is -1.37. The van der Waals surface area contributed by atoms with Crippen molar-refractivity contribution in [3.63, 3.8) is 0 Å². The molecule has 1 aliphatic heterocycles. The molecule has 0 radical (unpaired) electrons. The topological polar surface area (TPSA) is 72.9 Å². The normalized spacial score (nSPS) is 16.9. The summed E-state index contributed by atoms with van der Waals surface area (Å²) in [7, 11) is -3.03. The first-order valence-corrected chi connectivity index (χ1v) is 8.50. The maximum Gasteiger partial charge on any atom is 0.348 e. The highest BCUT2D eigenvalue weighted by Gasteiger charge is 2.38. The van der Waals surface area contributed by atoms with E-state index in [1.54, 1.807) is 12.1 Å². The molecule has 1 atom stereocenters. The van der Waals surface area contributed by atoms with Gasteiger partial charge in [-0.05, 0) is 24.3 Å². The van der Waals surface area contributed by atoms with Gasteiger partial charge < -0.3 is 9.47 Å². The number of fused-ring (bicyclic) bond motifs is 1. The molecule has 8 heteroatoms. The molecular weight excluding hydrogens is 337 g/mol. The fourth-order valence-electron chi connectivity index (χ4n) is 2.46. The number of carbonyl (C=O) groups excluding carboxylic acids is 1. The second-order valence-corrected chi connectivity index (χ2v) is 6.89. The van der Waals surface area contributed by atoms with E-state index in [4.69, 9.17) is 4.74 Å². The molecule has 0 bridgehead atoms. The lowest BCUT2D eigenvalue weighted by atomic mass is 10.2. The number of sulfonamides is 1. The summed E-state index contributed by atoms with van der Waals surface area (Å²) in [4.78, 5) is 11.3. The zero-order chi connectivity index (χ0) is 17.3. The first-order chi connectivity index (χ1) is 11.4. The first kappa shape index (κ1) is 16.3. The molecular formula is C16H14FNO5S. The third-order valence-corrected chi connectivity index (χ3v) is 5.42. The van der Waals surface area contributed by atoms with Crippen LogP contribution in [-0.2, 0) is 19.6 Å². The Hall–Kier alpha value is -2.61. The van der Waals surface area contributed by atoms with Gasteiger partial charge in [-0.15, -0.1) is 0 Å². The average Bonchev–Trinajstić information content (AvgIpc) is 2.60. The number of benzene rings is 2. The number of hydrogen-bond acceptors (Lipinski definition) is 5. The largest absolute Gasteiger partial charge is 0.475 e. The van der Waals surface area contributed by atoms with Crippen LogP contribution in [0.4, 0.5) is 10.1 Å². The van der Waals surface area contributed by atoms with E-state index in [-0.39, 0.29) is 18.0 Å². The van der Waals surface area contributed by atoms with Crippen molar-refractivity contribution in [1.82, 2.24) is 0 Å². The Labute approximate surface area is 138 Å². The minimum absolute atomic E-state index is 0.207. The Morgan fingerprint density at radius 1 is 1.21 bits per heavy atom. The van der Waals surface area contributed by atoms with Crippen molar-refractivity contribution in [2.24, 2.45) is 0 Å². The maximum atomic E-state index is 14.0.